The smallest absolute Gasteiger partial charge is 0.322 e. The van der Waals surface area contributed by atoms with E-state index >= 15 is 0 Å². The molecule has 0 unspecified atom stereocenters. The highest BCUT2D eigenvalue weighted by atomic mass is 79.9. The summed E-state index contributed by atoms with van der Waals surface area (Å²) in [4.78, 5) is 20.8. The van der Waals surface area contributed by atoms with Crippen LogP contribution in [0.25, 0.3) is 0 Å². The molecule has 1 aromatic carbocycles. The summed E-state index contributed by atoms with van der Waals surface area (Å²) in [5, 5.41) is 20.1. The van der Waals surface area contributed by atoms with Crippen molar-refractivity contribution in [2.75, 3.05) is 0 Å². The van der Waals surface area contributed by atoms with Crippen molar-refractivity contribution < 1.29 is 23.2 Å². The zero-order chi connectivity index (χ0) is 17.1. The van der Waals surface area contributed by atoms with Gasteiger partial charge in [-0.3, -0.25) is 14.9 Å². The maximum Gasteiger partial charge on any atom is 0.322 e. The Labute approximate surface area is 135 Å². The average molecular weight is 395 g/mol. The molecule has 10 heteroatoms. The summed E-state index contributed by atoms with van der Waals surface area (Å²) in [6.45, 7) is 3.30. The van der Waals surface area contributed by atoms with Crippen molar-refractivity contribution in [3.05, 3.63) is 32.8 Å². The van der Waals surface area contributed by atoms with Crippen LogP contribution in [-0.4, -0.2) is 30.5 Å². The number of nitro benzene ring substituents is 1. The predicted octanol–water partition coefficient (Wildman–Crippen LogP) is 2.13. The first-order valence-corrected chi connectivity index (χ1v) is 8.56. The molecule has 122 valence electrons. The molecule has 1 aromatic rings. The second-order valence-electron chi connectivity index (χ2n) is 4.69. The molecule has 0 aliphatic carbocycles. The van der Waals surface area contributed by atoms with Crippen LogP contribution in [0.5, 0.6) is 0 Å². The van der Waals surface area contributed by atoms with Crippen LogP contribution < -0.4 is 4.72 Å². The first kappa shape index (κ1) is 18.5. The predicted molar refractivity (Wildman–Crippen MR) is 82.0 cm³/mol. The monoisotopic (exact) mass is 394 g/mol. The molecular formula is C12H15BrN2O6S. The van der Waals surface area contributed by atoms with Gasteiger partial charge in [0.05, 0.1) is 4.92 Å². The Hall–Kier alpha value is -1.52. The van der Waals surface area contributed by atoms with E-state index < -0.39 is 43.5 Å². The van der Waals surface area contributed by atoms with E-state index in [1.54, 1.807) is 13.8 Å². The van der Waals surface area contributed by atoms with E-state index in [0.29, 0.717) is 10.9 Å². The third-order valence-corrected chi connectivity index (χ3v) is 5.15. The van der Waals surface area contributed by atoms with Gasteiger partial charge >= 0.3 is 5.97 Å². The van der Waals surface area contributed by atoms with Gasteiger partial charge < -0.3 is 5.11 Å². The van der Waals surface area contributed by atoms with Crippen molar-refractivity contribution in [2.45, 2.75) is 31.2 Å². The maximum absolute atomic E-state index is 12.3. The molecule has 0 bridgehead atoms. The van der Waals surface area contributed by atoms with Crippen LogP contribution in [0.3, 0.4) is 0 Å². The minimum Gasteiger partial charge on any atom is -0.480 e. The molecule has 0 spiro atoms. The number of nitrogens with one attached hydrogen (secondary N) is 1. The fraction of sp³-hybridized carbons (Fsp3) is 0.417. The van der Waals surface area contributed by atoms with Crippen LogP contribution in [0, 0.1) is 16.0 Å². The Morgan fingerprint density at radius 2 is 2.09 bits per heavy atom. The molecule has 0 saturated carbocycles. The van der Waals surface area contributed by atoms with Crippen LogP contribution in [0.4, 0.5) is 5.69 Å². The van der Waals surface area contributed by atoms with Crippen molar-refractivity contribution in [2.24, 2.45) is 5.92 Å². The molecule has 8 nitrogen and oxygen atoms in total. The minimum atomic E-state index is -4.35. The summed E-state index contributed by atoms with van der Waals surface area (Å²) in [6.07, 6.45) is 0.432. The molecule has 0 fully saturated rings. The first-order chi connectivity index (χ1) is 10.1. The molecule has 2 atom stereocenters. The molecule has 2 N–H and O–H groups in total. The Kier molecular flexibility index (Phi) is 6.03. The number of carboxylic acids is 1. The third-order valence-electron chi connectivity index (χ3n) is 3.17. The van der Waals surface area contributed by atoms with Crippen LogP contribution in [-0.2, 0) is 14.8 Å². The summed E-state index contributed by atoms with van der Waals surface area (Å²) in [5.74, 6) is -1.81. The summed E-state index contributed by atoms with van der Waals surface area (Å²) in [7, 11) is -4.35. The summed E-state index contributed by atoms with van der Waals surface area (Å²) >= 11 is 3.03. The lowest BCUT2D eigenvalue weighted by molar-refractivity contribution is -0.387. The van der Waals surface area contributed by atoms with Gasteiger partial charge in [-0.25, -0.2) is 8.42 Å². The molecule has 0 aromatic heterocycles. The van der Waals surface area contributed by atoms with Crippen molar-refractivity contribution in [1.29, 1.82) is 0 Å². The largest absolute Gasteiger partial charge is 0.480 e. The van der Waals surface area contributed by atoms with Gasteiger partial charge in [0.2, 0.25) is 10.0 Å². The lowest BCUT2D eigenvalue weighted by atomic mass is 10.0. The molecule has 0 radical (unpaired) electrons. The number of hydrogen-bond donors (Lipinski definition) is 2. The molecule has 0 amide bonds. The fourth-order valence-corrected chi connectivity index (χ4v) is 3.54. The lowest BCUT2D eigenvalue weighted by Crippen LogP contribution is -2.45. The summed E-state index contributed by atoms with van der Waals surface area (Å²) in [6, 6.07) is 2.08. The highest BCUT2D eigenvalue weighted by Gasteiger charge is 2.33. The average Bonchev–Trinajstić information content (AvgIpc) is 2.43. The van der Waals surface area contributed by atoms with E-state index in [0.717, 1.165) is 12.1 Å². The molecule has 0 saturated heterocycles. The summed E-state index contributed by atoms with van der Waals surface area (Å²) in [5.41, 5.74) is -0.629. The van der Waals surface area contributed by atoms with Gasteiger partial charge in [0.15, 0.2) is 4.90 Å². The Morgan fingerprint density at radius 3 is 2.55 bits per heavy atom. The lowest BCUT2D eigenvalue weighted by Gasteiger charge is -2.20. The highest BCUT2D eigenvalue weighted by molar-refractivity contribution is 9.10. The third kappa shape index (κ3) is 4.24. The topological polar surface area (TPSA) is 127 Å². The zero-order valence-corrected chi connectivity index (χ0v) is 14.2. The van der Waals surface area contributed by atoms with Crippen LogP contribution in [0.15, 0.2) is 27.6 Å². The summed E-state index contributed by atoms with van der Waals surface area (Å²) < 4.78 is 27.0. The number of benzene rings is 1. The van der Waals surface area contributed by atoms with Gasteiger partial charge in [-0.1, -0.05) is 36.2 Å². The number of aliphatic carboxylic acids is 1. The van der Waals surface area contributed by atoms with Crippen LogP contribution in [0.1, 0.15) is 20.3 Å². The van der Waals surface area contributed by atoms with E-state index in [1.807, 2.05) is 4.72 Å². The van der Waals surface area contributed by atoms with Crippen molar-refractivity contribution in [3.63, 3.8) is 0 Å². The van der Waals surface area contributed by atoms with Gasteiger partial charge in [-0.15, -0.1) is 0 Å². The number of sulfonamides is 1. The van der Waals surface area contributed by atoms with Crippen LogP contribution >= 0.6 is 15.9 Å². The quantitative estimate of drug-likeness (QED) is 0.538. The van der Waals surface area contributed by atoms with Crippen molar-refractivity contribution in [1.82, 2.24) is 4.72 Å². The van der Waals surface area contributed by atoms with Gasteiger partial charge in [0.25, 0.3) is 5.69 Å². The second-order valence-corrected chi connectivity index (χ2v) is 7.29. The van der Waals surface area contributed by atoms with Gasteiger partial charge in [0, 0.05) is 10.5 Å². The Bertz CT molecular complexity index is 691. The fourth-order valence-electron chi connectivity index (χ4n) is 1.74. The van der Waals surface area contributed by atoms with E-state index in [9.17, 15) is 23.3 Å². The van der Waals surface area contributed by atoms with E-state index in [-0.39, 0.29) is 0 Å². The number of rotatable bonds is 7. The normalized spacial score (nSPS) is 14.3. The van der Waals surface area contributed by atoms with Gasteiger partial charge in [0.1, 0.15) is 6.04 Å². The van der Waals surface area contributed by atoms with Crippen LogP contribution in [0.2, 0.25) is 0 Å². The Morgan fingerprint density at radius 1 is 1.50 bits per heavy atom. The molecule has 0 aliphatic rings. The maximum atomic E-state index is 12.3. The first-order valence-electron chi connectivity index (χ1n) is 6.29. The van der Waals surface area contributed by atoms with Crippen molar-refractivity contribution in [3.8, 4) is 0 Å². The van der Waals surface area contributed by atoms with Gasteiger partial charge in [-0.05, 0) is 18.1 Å². The molecule has 0 heterocycles. The molecule has 22 heavy (non-hydrogen) atoms. The van der Waals surface area contributed by atoms with E-state index in [1.165, 1.54) is 6.07 Å². The van der Waals surface area contributed by atoms with E-state index in [2.05, 4.69) is 15.9 Å². The van der Waals surface area contributed by atoms with Gasteiger partial charge in [-0.2, -0.15) is 4.72 Å². The molecule has 1 rings (SSSR count). The number of carbonyl (C=O) groups is 1. The minimum absolute atomic E-state index is 0.342. The van der Waals surface area contributed by atoms with E-state index in [4.69, 9.17) is 5.11 Å². The number of hydrogen-bond acceptors (Lipinski definition) is 5. The second kappa shape index (κ2) is 7.16. The molecular weight excluding hydrogens is 380 g/mol. The SMILES string of the molecule is CC[C@H](C)[C@H](NS(=O)(=O)c1ccc(Br)cc1[N+](=O)[O-])C(=O)O. The number of halogens is 1. The Balaban J connectivity index is 3.30. The molecule has 0 aliphatic heterocycles. The number of nitro groups is 1. The standard InChI is InChI=1S/C12H15BrN2O6S/c1-3-7(2)11(12(16)17)14-22(20,21)10-5-4-8(13)6-9(10)15(18)19/h4-7,11,14H,3H2,1-2H3,(H,16,17)/t7-,11-/m0/s1. The van der Waals surface area contributed by atoms with Crippen molar-refractivity contribution >= 4 is 37.6 Å². The number of carboxylic acid groups (broad SMARTS) is 1. The highest BCUT2D eigenvalue weighted by Crippen LogP contribution is 2.27. The number of nitrogens with zero attached hydrogens (tertiary/aromatic N) is 1. The zero-order valence-electron chi connectivity index (χ0n) is 11.8.